The van der Waals surface area contributed by atoms with E-state index in [1.165, 1.54) is 22.7 Å². The predicted octanol–water partition coefficient (Wildman–Crippen LogP) is 4.07. The van der Waals surface area contributed by atoms with Crippen molar-refractivity contribution in [1.82, 2.24) is 14.8 Å². The van der Waals surface area contributed by atoms with E-state index in [-0.39, 0.29) is 30.1 Å². The lowest BCUT2D eigenvalue weighted by molar-refractivity contribution is -0.116. The van der Waals surface area contributed by atoms with Crippen LogP contribution >= 0.6 is 11.8 Å². The van der Waals surface area contributed by atoms with E-state index in [9.17, 15) is 9.18 Å². The van der Waals surface area contributed by atoms with E-state index >= 15 is 0 Å². The van der Waals surface area contributed by atoms with E-state index in [1.54, 1.807) is 30.3 Å². The summed E-state index contributed by atoms with van der Waals surface area (Å²) in [4.78, 5) is 14.2. The van der Waals surface area contributed by atoms with Crippen molar-refractivity contribution < 1.29 is 9.18 Å². The van der Waals surface area contributed by atoms with Gasteiger partial charge in [-0.1, -0.05) is 42.1 Å². The van der Waals surface area contributed by atoms with Crippen LogP contribution in [0.3, 0.4) is 0 Å². The summed E-state index contributed by atoms with van der Waals surface area (Å²) in [7, 11) is 0. The van der Waals surface area contributed by atoms with Gasteiger partial charge < -0.3 is 0 Å². The SMILES string of the molecule is N#CCN(C(=O)CSc1nnc(-c2ccccc2F)n1C1CC1)c1ccccc1. The van der Waals surface area contributed by atoms with Crippen molar-refractivity contribution in [2.24, 2.45) is 0 Å². The van der Waals surface area contributed by atoms with Gasteiger partial charge in [-0.3, -0.25) is 14.3 Å². The maximum atomic E-state index is 14.3. The van der Waals surface area contributed by atoms with E-state index in [1.807, 2.05) is 28.8 Å². The van der Waals surface area contributed by atoms with E-state index in [4.69, 9.17) is 5.26 Å². The summed E-state index contributed by atoms with van der Waals surface area (Å²) in [6.07, 6.45) is 1.96. The first kappa shape index (κ1) is 19.2. The fourth-order valence-corrected chi connectivity index (χ4v) is 3.95. The van der Waals surface area contributed by atoms with Crippen LogP contribution in [0.15, 0.2) is 59.8 Å². The topological polar surface area (TPSA) is 74.8 Å². The van der Waals surface area contributed by atoms with Crippen LogP contribution in [0.1, 0.15) is 18.9 Å². The molecule has 0 bridgehead atoms. The molecule has 4 rings (SSSR count). The highest BCUT2D eigenvalue weighted by Gasteiger charge is 2.31. The second kappa shape index (κ2) is 8.45. The zero-order valence-electron chi connectivity index (χ0n) is 15.5. The maximum absolute atomic E-state index is 14.3. The molecule has 6 nitrogen and oxygen atoms in total. The Balaban J connectivity index is 1.55. The largest absolute Gasteiger partial charge is 0.299 e. The second-order valence-electron chi connectivity index (χ2n) is 6.65. The Labute approximate surface area is 172 Å². The van der Waals surface area contributed by atoms with E-state index < -0.39 is 0 Å². The van der Waals surface area contributed by atoms with Crippen LogP contribution in [0.5, 0.6) is 0 Å². The van der Waals surface area contributed by atoms with Gasteiger partial charge in [0.05, 0.1) is 17.4 Å². The van der Waals surface area contributed by atoms with E-state index in [2.05, 4.69) is 10.2 Å². The maximum Gasteiger partial charge on any atom is 0.238 e. The molecule has 1 aromatic heterocycles. The summed E-state index contributed by atoms with van der Waals surface area (Å²) in [6.45, 7) is -0.0286. The monoisotopic (exact) mass is 407 g/mol. The van der Waals surface area contributed by atoms with Gasteiger partial charge in [0, 0.05) is 11.7 Å². The first-order valence-electron chi connectivity index (χ1n) is 9.24. The van der Waals surface area contributed by atoms with Gasteiger partial charge in [-0.2, -0.15) is 5.26 Å². The number of halogens is 1. The molecule has 0 radical (unpaired) electrons. The van der Waals surface area contributed by atoms with Gasteiger partial charge in [-0.05, 0) is 37.1 Å². The van der Waals surface area contributed by atoms with Crippen molar-refractivity contribution in [2.75, 3.05) is 17.2 Å². The van der Waals surface area contributed by atoms with Crippen molar-refractivity contribution in [3.05, 3.63) is 60.4 Å². The molecule has 3 aromatic rings. The summed E-state index contributed by atoms with van der Waals surface area (Å²) >= 11 is 1.26. The Bertz CT molecular complexity index is 1060. The number of aromatic nitrogens is 3. The Morgan fingerprint density at radius 3 is 2.59 bits per heavy atom. The molecular formula is C21H18FN5OS. The Hall–Kier alpha value is -3.18. The molecule has 0 spiro atoms. The highest BCUT2D eigenvalue weighted by atomic mass is 32.2. The van der Waals surface area contributed by atoms with E-state index in [0.717, 1.165) is 12.8 Å². The van der Waals surface area contributed by atoms with Crippen LogP contribution in [0.2, 0.25) is 0 Å². The molecule has 1 saturated carbocycles. The molecule has 1 fully saturated rings. The fourth-order valence-electron chi connectivity index (χ4n) is 3.07. The quantitative estimate of drug-likeness (QED) is 0.436. The standard InChI is InChI=1S/C21H18FN5OS/c22-18-9-5-4-8-17(18)20-24-25-21(27(20)16-10-11-16)29-14-19(28)26(13-12-23)15-6-2-1-3-7-15/h1-9,16H,10-11,13-14H2. The number of hydrogen-bond donors (Lipinski definition) is 0. The second-order valence-corrected chi connectivity index (χ2v) is 7.59. The normalized spacial score (nSPS) is 13.1. The fraction of sp³-hybridized carbons (Fsp3) is 0.238. The van der Waals surface area contributed by atoms with Gasteiger partial charge >= 0.3 is 0 Å². The number of para-hydroxylation sites is 1. The molecule has 1 aliphatic rings. The Morgan fingerprint density at radius 1 is 1.17 bits per heavy atom. The summed E-state index contributed by atoms with van der Waals surface area (Å²) in [5, 5.41) is 18.1. The van der Waals surface area contributed by atoms with Crippen LogP contribution in [0, 0.1) is 17.1 Å². The lowest BCUT2D eigenvalue weighted by Gasteiger charge is -2.19. The third-order valence-corrected chi connectivity index (χ3v) is 5.54. The predicted molar refractivity (Wildman–Crippen MR) is 109 cm³/mol. The molecule has 1 amide bonds. The van der Waals surface area contributed by atoms with Gasteiger partial charge in [0.25, 0.3) is 0 Å². The molecule has 0 N–H and O–H groups in total. The number of rotatable bonds is 7. The molecular weight excluding hydrogens is 389 g/mol. The number of nitriles is 1. The Morgan fingerprint density at radius 2 is 1.90 bits per heavy atom. The molecule has 2 aromatic carbocycles. The van der Waals surface area contributed by atoms with Crippen molar-refractivity contribution >= 4 is 23.4 Å². The van der Waals surface area contributed by atoms with Crippen LogP contribution in [0.25, 0.3) is 11.4 Å². The molecule has 1 aliphatic carbocycles. The smallest absolute Gasteiger partial charge is 0.238 e. The van der Waals surface area contributed by atoms with Crippen molar-refractivity contribution in [1.29, 1.82) is 5.26 Å². The first-order valence-corrected chi connectivity index (χ1v) is 10.2. The highest BCUT2D eigenvalue weighted by molar-refractivity contribution is 7.99. The number of anilines is 1. The number of thioether (sulfide) groups is 1. The van der Waals surface area contributed by atoms with Crippen molar-refractivity contribution in [3.8, 4) is 17.5 Å². The molecule has 146 valence electrons. The number of carbonyl (C=O) groups excluding carboxylic acids is 1. The number of carbonyl (C=O) groups is 1. The summed E-state index contributed by atoms with van der Waals surface area (Å²) in [5.74, 6) is 0.0512. The molecule has 29 heavy (non-hydrogen) atoms. The number of nitrogens with zero attached hydrogens (tertiary/aromatic N) is 5. The molecule has 0 unspecified atom stereocenters. The molecule has 0 saturated heterocycles. The minimum atomic E-state index is -0.348. The third-order valence-electron chi connectivity index (χ3n) is 4.61. The Kier molecular flexibility index (Phi) is 5.58. The average molecular weight is 407 g/mol. The number of benzene rings is 2. The van der Waals surface area contributed by atoms with Gasteiger partial charge in [0.2, 0.25) is 5.91 Å². The van der Waals surface area contributed by atoms with Crippen LogP contribution in [0.4, 0.5) is 10.1 Å². The van der Waals surface area contributed by atoms with Crippen molar-refractivity contribution in [3.63, 3.8) is 0 Å². The number of amides is 1. The van der Waals surface area contributed by atoms with Crippen LogP contribution in [-0.4, -0.2) is 33.0 Å². The minimum absolute atomic E-state index is 0.0286. The van der Waals surface area contributed by atoms with Gasteiger partial charge in [-0.25, -0.2) is 4.39 Å². The van der Waals surface area contributed by atoms with Gasteiger partial charge in [0.15, 0.2) is 11.0 Å². The van der Waals surface area contributed by atoms with Gasteiger partial charge in [0.1, 0.15) is 12.4 Å². The number of hydrogen-bond acceptors (Lipinski definition) is 5. The molecule has 8 heteroatoms. The summed E-state index contributed by atoms with van der Waals surface area (Å²) < 4.78 is 16.2. The zero-order valence-corrected chi connectivity index (χ0v) is 16.3. The zero-order chi connectivity index (χ0) is 20.2. The lowest BCUT2D eigenvalue weighted by Crippen LogP contribution is -2.32. The van der Waals surface area contributed by atoms with Crippen molar-refractivity contribution in [2.45, 2.75) is 24.0 Å². The third kappa shape index (κ3) is 4.15. The summed E-state index contributed by atoms with van der Waals surface area (Å²) in [5.41, 5.74) is 1.08. The first-order chi connectivity index (χ1) is 14.2. The molecule has 0 atom stereocenters. The average Bonchev–Trinajstić information content (AvgIpc) is 3.50. The summed E-state index contributed by atoms with van der Waals surface area (Å²) in [6, 6.07) is 17.8. The van der Waals surface area contributed by atoms with E-state index in [0.29, 0.717) is 22.2 Å². The minimum Gasteiger partial charge on any atom is -0.299 e. The highest BCUT2D eigenvalue weighted by Crippen LogP contribution is 2.41. The van der Waals surface area contributed by atoms with Crippen LogP contribution < -0.4 is 4.90 Å². The lowest BCUT2D eigenvalue weighted by atomic mass is 10.2. The van der Waals surface area contributed by atoms with Crippen LogP contribution in [-0.2, 0) is 4.79 Å². The molecule has 0 aliphatic heterocycles. The van der Waals surface area contributed by atoms with Gasteiger partial charge in [-0.15, -0.1) is 10.2 Å². The molecule has 1 heterocycles.